The lowest BCUT2D eigenvalue weighted by molar-refractivity contribution is -0.127. The minimum atomic E-state index is 0.269. The summed E-state index contributed by atoms with van der Waals surface area (Å²) in [4.78, 5) is 14.4. The Labute approximate surface area is 138 Å². The Morgan fingerprint density at radius 3 is 2.87 bits per heavy atom. The molecule has 1 saturated carbocycles. The smallest absolute Gasteiger partial charge is 0.223 e. The van der Waals surface area contributed by atoms with Crippen LogP contribution in [0.2, 0.25) is 0 Å². The van der Waals surface area contributed by atoms with Crippen LogP contribution in [0.3, 0.4) is 0 Å². The van der Waals surface area contributed by atoms with Gasteiger partial charge in [0.25, 0.3) is 0 Å². The van der Waals surface area contributed by atoms with E-state index in [1.807, 2.05) is 0 Å². The highest BCUT2D eigenvalue weighted by Crippen LogP contribution is 2.26. The molecule has 5 nitrogen and oxygen atoms in total. The average Bonchev–Trinajstić information content (AvgIpc) is 2.92. The van der Waals surface area contributed by atoms with Crippen molar-refractivity contribution in [1.82, 2.24) is 15.4 Å². The Kier molecular flexibility index (Phi) is 5.36. The quantitative estimate of drug-likeness (QED) is 0.876. The van der Waals surface area contributed by atoms with Gasteiger partial charge in [-0.15, -0.1) is 0 Å². The van der Waals surface area contributed by atoms with Gasteiger partial charge in [0.05, 0.1) is 12.2 Å². The molecule has 0 aromatic carbocycles. The van der Waals surface area contributed by atoms with Gasteiger partial charge in [-0.25, -0.2) is 0 Å². The minimum absolute atomic E-state index is 0.269. The normalized spacial score (nSPS) is 23.0. The van der Waals surface area contributed by atoms with Crippen molar-refractivity contribution < 1.29 is 9.32 Å². The van der Waals surface area contributed by atoms with E-state index in [9.17, 15) is 4.79 Å². The number of amides is 1. The predicted molar refractivity (Wildman–Crippen MR) is 88.9 cm³/mol. The van der Waals surface area contributed by atoms with Crippen LogP contribution in [-0.4, -0.2) is 35.6 Å². The lowest BCUT2D eigenvalue weighted by Gasteiger charge is -2.33. The monoisotopic (exact) mass is 319 g/mol. The summed E-state index contributed by atoms with van der Waals surface area (Å²) in [5, 5.41) is 7.29. The Hall–Kier alpha value is -1.36. The van der Waals surface area contributed by atoms with Gasteiger partial charge >= 0.3 is 0 Å². The Balaban J connectivity index is 1.44. The third kappa shape index (κ3) is 4.34. The highest BCUT2D eigenvalue weighted by molar-refractivity contribution is 5.79. The molecule has 1 saturated heterocycles. The molecule has 2 aliphatic rings. The van der Waals surface area contributed by atoms with E-state index in [0.717, 1.165) is 50.5 Å². The molecule has 2 fully saturated rings. The van der Waals surface area contributed by atoms with Crippen LogP contribution in [0.25, 0.3) is 0 Å². The fraction of sp³-hybridized carbons (Fsp3) is 0.778. The fourth-order valence-corrected chi connectivity index (χ4v) is 3.42. The summed E-state index contributed by atoms with van der Waals surface area (Å²) in [7, 11) is 0. The SMILES string of the molecule is CC(C)c1cc(CN2CCCC(CNC(=O)C3CCC3)C2)on1. The van der Waals surface area contributed by atoms with Gasteiger partial charge in [-0.2, -0.15) is 0 Å². The fourth-order valence-electron chi connectivity index (χ4n) is 3.42. The van der Waals surface area contributed by atoms with Gasteiger partial charge in [-0.1, -0.05) is 25.4 Å². The maximum Gasteiger partial charge on any atom is 0.223 e. The second kappa shape index (κ2) is 7.47. The van der Waals surface area contributed by atoms with Crippen molar-refractivity contribution in [2.24, 2.45) is 11.8 Å². The van der Waals surface area contributed by atoms with E-state index in [4.69, 9.17) is 4.52 Å². The van der Waals surface area contributed by atoms with Crippen molar-refractivity contribution in [1.29, 1.82) is 0 Å². The van der Waals surface area contributed by atoms with Crippen molar-refractivity contribution in [3.63, 3.8) is 0 Å². The first-order valence-corrected chi connectivity index (χ1v) is 9.07. The molecular weight excluding hydrogens is 290 g/mol. The molecule has 0 radical (unpaired) electrons. The van der Waals surface area contributed by atoms with Gasteiger partial charge in [-0.3, -0.25) is 9.69 Å². The lowest BCUT2D eigenvalue weighted by atomic mass is 9.84. The first-order valence-electron chi connectivity index (χ1n) is 9.07. The molecule has 0 bridgehead atoms. The summed E-state index contributed by atoms with van der Waals surface area (Å²) in [5.74, 6) is 2.47. The molecule has 1 unspecified atom stereocenters. The van der Waals surface area contributed by atoms with Crippen molar-refractivity contribution in [2.45, 2.75) is 58.4 Å². The van der Waals surface area contributed by atoms with E-state index in [-0.39, 0.29) is 5.91 Å². The zero-order valence-corrected chi connectivity index (χ0v) is 14.4. The number of rotatable bonds is 6. The van der Waals surface area contributed by atoms with Crippen molar-refractivity contribution in [3.05, 3.63) is 17.5 Å². The molecule has 1 aliphatic carbocycles. The number of nitrogens with one attached hydrogen (secondary N) is 1. The highest BCUT2D eigenvalue weighted by Gasteiger charge is 2.27. The van der Waals surface area contributed by atoms with Crippen LogP contribution >= 0.6 is 0 Å². The van der Waals surface area contributed by atoms with Crippen molar-refractivity contribution in [2.75, 3.05) is 19.6 Å². The zero-order chi connectivity index (χ0) is 16.2. The molecule has 23 heavy (non-hydrogen) atoms. The third-order valence-corrected chi connectivity index (χ3v) is 5.19. The minimum Gasteiger partial charge on any atom is -0.360 e. The second-order valence-electron chi connectivity index (χ2n) is 7.49. The number of hydrogen-bond donors (Lipinski definition) is 1. The Morgan fingerprint density at radius 2 is 2.22 bits per heavy atom. The number of piperidine rings is 1. The zero-order valence-electron chi connectivity index (χ0n) is 14.4. The Morgan fingerprint density at radius 1 is 1.39 bits per heavy atom. The molecule has 3 rings (SSSR count). The molecule has 0 spiro atoms. The summed E-state index contributed by atoms with van der Waals surface area (Å²) in [6, 6.07) is 2.08. The first-order chi connectivity index (χ1) is 11.1. The highest BCUT2D eigenvalue weighted by atomic mass is 16.5. The van der Waals surface area contributed by atoms with E-state index in [2.05, 4.69) is 35.3 Å². The standard InChI is InChI=1S/C18H29N3O2/c1-13(2)17-9-16(23-20-17)12-21-8-4-5-14(11-21)10-19-18(22)15-6-3-7-15/h9,13-15H,3-8,10-12H2,1-2H3,(H,19,22). The molecule has 5 heteroatoms. The van der Waals surface area contributed by atoms with Gasteiger partial charge in [-0.05, 0) is 44.1 Å². The van der Waals surface area contributed by atoms with E-state index in [1.165, 1.54) is 19.3 Å². The molecule has 1 aromatic heterocycles. The van der Waals surface area contributed by atoms with Crippen LogP contribution in [0, 0.1) is 11.8 Å². The van der Waals surface area contributed by atoms with Crippen molar-refractivity contribution in [3.8, 4) is 0 Å². The first kappa shape index (κ1) is 16.5. The van der Waals surface area contributed by atoms with Crippen LogP contribution in [0.5, 0.6) is 0 Å². The number of likely N-dealkylation sites (tertiary alicyclic amines) is 1. The summed E-state index contributed by atoms with van der Waals surface area (Å²) < 4.78 is 5.45. The van der Waals surface area contributed by atoms with E-state index >= 15 is 0 Å². The molecule has 1 aromatic rings. The van der Waals surface area contributed by atoms with Gasteiger partial charge in [0.15, 0.2) is 5.76 Å². The van der Waals surface area contributed by atoms with Gasteiger partial charge < -0.3 is 9.84 Å². The molecule has 1 aliphatic heterocycles. The summed E-state index contributed by atoms with van der Waals surface area (Å²) in [5.41, 5.74) is 1.03. The average molecular weight is 319 g/mol. The van der Waals surface area contributed by atoms with Gasteiger partial charge in [0.1, 0.15) is 0 Å². The number of nitrogens with zero attached hydrogens (tertiary/aromatic N) is 2. The van der Waals surface area contributed by atoms with Crippen LogP contribution in [-0.2, 0) is 11.3 Å². The molecule has 1 N–H and O–H groups in total. The number of aromatic nitrogens is 1. The third-order valence-electron chi connectivity index (χ3n) is 5.19. The van der Waals surface area contributed by atoms with Crippen LogP contribution in [0.4, 0.5) is 0 Å². The largest absolute Gasteiger partial charge is 0.360 e. The second-order valence-corrected chi connectivity index (χ2v) is 7.49. The van der Waals surface area contributed by atoms with Gasteiger partial charge in [0, 0.05) is 25.1 Å². The van der Waals surface area contributed by atoms with E-state index in [1.54, 1.807) is 0 Å². The summed E-state index contributed by atoms with van der Waals surface area (Å²) in [6.45, 7) is 8.03. The van der Waals surface area contributed by atoms with E-state index in [0.29, 0.717) is 17.8 Å². The molecule has 1 amide bonds. The van der Waals surface area contributed by atoms with Crippen LogP contribution in [0.15, 0.2) is 10.6 Å². The van der Waals surface area contributed by atoms with Crippen molar-refractivity contribution >= 4 is 5.91 Å². The lowest BCUT2D eigenvalue weighted by Crippen LogP contribution is -2.42. The number of carbonyl (C=O) groups excluding carboxylic acids is 1. The molecule has 2 heterocycles. The molecule has 1 atom stereocenters. The topological polar surface area (TPSA) is 58.4 Å². The van der Waals surface area contributed by atoms with Crippen LogP contribution < -0.4 is 5.32 Å². The summed E-state index contributed by atoms with van der Waals surface area (Å²) >= 11 is 0. The maximum absolute atomic E-state index is 12.0. The number of carbonyl (C=O) groups is 1. The maximum atomic E-state index is 12.0. The van der Waals surface area contributed by atoms with Gasteiger partial charge in [0.2, 0.25) is 5.91 Å². The molecular formula is C18H29N3O2. The Bertz CT molecular complexity index is 522. The molecule has 128 valence electrons. The van der Waals surface area contributed by atoms with Crippen LogP contribution in [0.1, 0.15) is 63.3 Å². The summed E-state index contributed by atoms with van der Waals surface area (Å²) in [6.07, 6.45) is 5.76. The number of hydrogen-bond acceptors (Lipinski definition) is 4. The predicted octanol–water partition coefficient (Wildman–Crippen LogP) is 2.93. The van der Waals surface area contributed by atoms with E-state index < -0.39 is 0 Å².